The molecule has 1 aliphatic rings. The molecule has 0 bridgehead atoms. The van der Waals surface area contributed by atoms with E-state index in [0.29, 0.717) is 6.10 Å². The predicted octanol–water partition coefficient (Wildman–Crippen LogP) is 3.43. The predicted molar refractivity (Wildman–Crippen MR) is 110 cm³/mol. The van der Waals surface area contributed by atoms with Crippen LogP contribution in [0.15, 0.2) is 17.6 Å². The zero-order valence-electron chi connectivity index (χ0n) is 13.8. The lowest BCUT2D eigenvalue weighted by Crippen LogP contribution is -2.40. The van der Waals surface area contributed by atoms with E-state index in [4.69, 9.17) is 4.74 Å². The van der Waals surface area contributed by atoms with Gasteiger partial charge in [0.15, 0.2) is 5.96 Å². The topological polar surface area (TPSA) is 45.7 Å². The normalized spacial score (nSPS) is 16.5. The molecule has 1 aliphatic carbocycles. The van der Waals surface area contributed by atoms with Crippen LogP contribution in [-0.4, -0.2) is 50.3 Å². The number of hydrogen-bond acceptors (Lipinski definition) is 3. The third-order valence-corrected chi connectivity index (χ3v) is 4.51. The Labute approximate surface area is 157 Å². The van der Waals surface area contributed by atoms with Crippen molar-refractivity contribution in [3.63, 3.8) is 0 Å². The summed E-state index contributed by atoms with van der Waals surface area (Å²) in [4.78, 5) is 4.21. The zero-order valence-corrected chi connectivity index (χ0v) is 17.0. The molecule has 0 heterocycles. The Hall–Kier alpha value is 0.0500. The maximum Gasteiger partial charge on any atom is 0.191 e. The summed E-state index contributed by atoms with van der Waals surface area (Å²) in [5.41, 5.74) is 0. The first-order chi connectivity index (χ1) is 10.4. The molecule has 0 aliphatic heterocycles. The molecule has 4 nitrogen and oxygen atoms in total. The molecule has 22 heavy (non-hydrogen) atoms. The molecule has 0 saturated heterocycles. The van der Waals surface area contributed by atoms with Crippen molar-refractivity contribution >= 4 is 41.7 Å². The first-order valence-electron chi connectivity index (χ1n) is 8.11. The molecular weight excluding hydrogens is 409 g/mol. The van der Waals surface area contributed by atoms with E-state index in [-0.39, 0.29) is 24.0 Å². The molecule has 0 aromatic heterocycles. The Morgan fingerprint density at radius 3 is 2.55 bits per heavy atom. The average Bonchev–Trinajstić information content (AvgIpc) is 2.78. The van der Waals surface area contributed by atoms with Crippen LogP contribution < -0.4 is 10.6 Å². The van der Waals surface area contributed by atoms with E-state index in [2.05, 4.69) is 22.2 Å². The lowest BCUT2D eigenvalue weighted by atomic mass is 10.1. The number of aliphatic imine (C=N–C) groups is 1. The van der Waals surface area contributed by atoms with E-state index >= 15 is 0 Å². The molecule has 6 heteroatoms. The van der Waals surface area contributed by atoms with Crippen LogP contribution >= 0.6 is 35.7 Å². The minimum absolute atomic E-state index is 0. The molecular formula is C16H32IN3OS. The zero-order chi connectivity index (χ0) is 15.2. The highest BCUT2D eigenvalue weighted by Crippen LogP contribution is 2.19. The van der Waals surface area contributed by atoms with Crippen molar-refractivity contribution in [2.75, 3.05) is 38.2 Å². The molecule has 1 saturated carbocycles. The van der Waals surface area contributed by atoms with Gasteiger partial charge in [0.1, 0.15) is 0 Å². The third-order valence-electron chi connectivity index (χ3n) is 3.55. The molecule has 0 unspecified atom stereocenters. The van der Waals surface area contributed by atoms with Crippen LogP contribution in [-0.2, 0) is 4.74 Å². The number of thioether (sulfide) groups is 1. The number of nitrogens with one attached hydrogen (secondary N) is 2. The smallest absolute Gasteiger partial charge is 0.191 e. The van der Waals surface area contributed by atoms with E-state index in [1.54, 1.807) is 7.05 Å². The van der Waals surface area contributed by atoms with Gasteiger partial charge in [-0.3, -0.25) is 4.99 Å². The van der Waals surface area contributed by atoms with Gasteiger partial charge in [-0.05, 0) is 12.8 Å². The molecule has 0 radical (unpaired) electrons. The number of nitrogens with zero attached hydrogens (tertiary/aromatic N) is 1. The highest BCUT2D eigenvalue weighted by Gasteiger charge is 2.11. The molecule has 1 rings (SSSR count). The molecule has 1 fully saturated rings. The quantitative estimate of drug-likeness (QED) is 0.144. The molecule has 0 aromatic rings. The second kappa shape index (κ2) is 15.9. The van der Waals surface area contributed by atoms with Crippen molar-refractivity contribution in [2.45, 2.75) is 44.6 Å². The van der Waals surface area contributed by atoms with Gasteiger partial charge in [0, 0.05) is 31.6 Å². The lowest BCUT2D eigenvalue weighted by Gasteiger charge is -2.16. The van der Waals surface area contributed by atoms with Crippen LogP contribution in [0, 0.1) is 0 Å². The van der Waals surface area contributed by atoms with Crippen LogP contribution in [0.3, 0.4) is 0 Å². The second-order valence-corrected chi connectivity index (χ2v) is 6.42. The Morgan fingerprint density at radius 1 is 1.23 bits per heavy atom. The minimum Gasteiger partial charge on any atom is -0.376 e. The largest absolute Gasteiger partial charge is 0.376 e. The Kier molecular flexibility index (Phi) is 16.0. The standard InChI is InChI=1S/C16H31N3OS.HI/c1-3-13-21-14-11-19-16(17-2)18-10-12-20-15-8-6-4-5-7-9-15;/h3,15H,1,4-14H2,2H3,(H2,17,18,19);1H. The van der Waals surface area contributed by atoms with Gasteiger partial charge in [0.25, 0.3) is 0 Å². The van der Waals surface area contributed by atoms with E-state index in [1.807, 2.05) is 17.8 Å². The first kappa shape index (κ1) is 22.1. The summed E-state index contributed by atoms with van der Waals surface area (Å²) >= 11 is 1.87. The summed E-state index contributed by atoms with van der Waals surface area (Å²) in [5.74, 6) is 2.92. The monoisotopic (exact) mass is 441 g/mol. The summed E-state index contributed by atoms with van der Waals surface area (Å²) in [6, 6.07) is 0. The number of guanidine groups is 1. The van der Waals surface area contributed by atoms with Crippen molar-refractivity contribution in [1.82, 2.24) is 10.6 Å². The number of hydrogen-bond donors (Lipinski definition) is 2. The van der Waals surface area contributed by atoms with Gasteiger partial charge in [-0.2, -0.15) is 11.8 Å². The molecule has 130 valence electrons. The van der Waals surface area contributed by atoms with E-state index in [9.17, 15) is 0 Å². The Morgan fingerprint density at radius 2 is 1.91 bits per heavy atom. The van der Waals surface area contributed by atoms with Gasteiger partial charge in [-0.1, -0.05) is 31.8 Å². The summed E-state index contributed by atoms with van der Waals surface area (Å²) in [7, 11) is 1.80. The van der Waals surface area contributed by atoms with Gasteiger partial charge in [0.05, 0.1) is 12.7 Å². The van der Waals surface area contributed by atoms with Crippen molar-refractivity contribution in [3.05, 3.63) is 12.7 Å². The summed E-state index contributed by atoms with van der Waals surface area (Å²) in [6.07, 6.45) is 10.3. The van der Waals surface area contributed by atoms with Gasteiger partial charge < -0.3 is 15.4 Å². The molecule has 0 amide bonds. The van der Waals surface area contributed by atoms with Crippen LogP contribution in [0.2, 0.25) is 0 Å². The number of ether oxygens (including phenoxy) is 1. The van der Waals surface area contributed by atoms with Gasteiger partial charge >= 0.3 is 0 Å². The second-order valence-electron chi connectivity index (χ2n) is 5.27. The van der Waals surface area contributed by atoms with E-state index in [0.717, 1.165) is 37.2 Å². The highest BCUT2D eigenvalue weighted by atomic mass is 127. The maximum atomic E-state index is 5.95. The summed E-state index contributed by atoms with van der Waals surface area (Å²) in [6.45, 7) is 6.21. The molecule has 0 spiro atoms. The SMILES string of the molecule is C=CCSCCNC(=NC)NCCOC1CCCCCC1.I. The number of halogens is 1. The first-order valence-corrected chi connectivity index (χ1v) is 9.27. The van der Waals surface area contributed by atoms with E-state index in [1.165, 1.54) is 38.5 Å². The van der Waals surface area contributed by atoms with Gasteiger partial charge in [-0.15, -0.1) is 30.6 Å². The summed E-state index contributed by atoms with van der Waals surface area (Å²) < 4.78 is 5.95. The van der Waals surface area contributed by atoms with Crippen molar-refractivity contribution < 1.29 is 4.74 Å². The van der Waals surface area contributed by atoms with Crippen LogP contribution in [0.5, 0.6) is 0 Å². The van der Waals surface area contributed by atoms with Crippen LogP contribution in [0.1, 0.15) is 38.5 Å². The Balaban J connectivity index is 0.00000441. The molecule has 2 N–H and O–H groups in total. The van der Waals surface area contributed by atoms with Crippen molar-refractivity contribution in [3.8, 4) is 0 Å². The molecule has 0 aromatic carbocycles. The molecule has 0 atom stereocenters. The van der Waals surface area contributed by atoms with Gasteiger partial charge in [-0.25, -0.2) is 0 Å². The average molecular weight is 441 g/mol. The van der Waals surface area contributed by atoms with Crippen molar-refractivity contribution in [1.29, 1.82) is 0 Å². The van der Waals surface area contributed by atoms with Crippen molar-refractivity contribution in [2.24, 2.45) is 4.99 Å². The van der Waals surface area contributed by atoms with Crippen LogP contribution in [0.25, 0.3) is 0 Å². The van der Waals surface area contributed by atoms with Crippen LogP contribution in [0.4, 0.5) is 0 Å². The van der Waals surface area contributed by atoms with Gasteiger partial charge in [0.2, 0.25) is 0 Å². The fraction of sp³-hybridized carbons (Fsp3) is 0.812. The third kappa shape index (κ3) is 11.6. The van der Waals surface area contributed by atoms with E-state index < -0.39 is 0 Å². The maximum absolute atomic E-state index is 5.95. The number of rotatable bonds is 9. The fourth-order valence-corrected chi connectivity index (χ4v) is 3.01. The Bertz CT molecular complexity index is 295. The highest BCUT2D eigenvalue weighted by molar-refractivity contribution is 14.0. The minimum atomic E-state index is 0. The lowest BCUT2D eigenvalue weighted by molar-refractivity contribution is 0.0468. The fourth-order valence-electron chi connectivity index (χ4n) is 2.43. The summed E-state index contributed by atoms with van der Waals surface area (Å²) in [5, 5.41) is 6.60.